The van der Waals surface area contributed by atoms with Crippen molar-refractivity contribution < 1.29 is 14.7 Å². The van der Waals surface area contributed by atoms with Crippen LogP contribution >= 0.6 is 0 Å². The molecule has 0 aromatic heterocycles. The van der Waals surface area contributed by atoms with Gasteiger partial charge >= 0.3 is 5.97 Å². The van der Waals surface area contributed by atoms with Crippen LogP contribution in [0.15, 0.2) is 29.0 Å². The molecule has 5 aliphatic carbocycles. The predicted molar refractivity (Wildman–Crippen MR) is 96.6 cm³/mol. The van der Waals surface area contributed by atoms with Gasteiger partial charge in [0.05, 0.1) is 5.71 Å². The first kappa shape index (κ1) is 15.5. The van der Waals surface area contributed by atoms with Crippen molar-refractivity contribution in [1.82, 2.24) is 0 Å². The zero-order chi connectivity index (χ0) is 17.7. The van der Waals surface area contributed by atoms with Crippen LogP contribution in [0.5, 0.6) is 0 Å². The smallest absolute Gasteiger partial charge is 0.331 e. The van der Waals surface area contributed by atoms with Gasteiger partial charge in [-0.15, -0.1) is 0 Å². The largest absolute Gasteiger partial charge is 0.451 e. The van der Waals surface area contributed by atoms with Gasteiger partial charge in [0.1, 0.15) is 5.60 Å². The zero-order valence-electron chi connectivity index (χ0n) is 15.4. The molecule has 4 fully saturated rings. The van der Waals surface area contributed by atoms with Crippen molar-refractivity contribution in [3.8, 4) is 0 Å². The lowest BCUT2D eigenvalue weighted by atomic mass is 9.50. The molecule has 0 saturated heterocycles. The lowest BCUT2D eigenvalue weighted by Gasteiger charge is -2.55. The lowest BCUT2D eigenvalue weighted by Crippen LogP contribution is -2.53. The van der Waals surface area contributed by atoms with Gasteiger partial charge in [-0.05, 0) is 92.6 Å². The van der Waals surface area contributed by atoms with E-state index in [9.17, 15) is 10.0 Å². The standard InChI is InChI=1S/C22H27NO3/c1-21-7-4-14-13-3-2-12(23-25)10-15(13)16-11-17(16)20(14)18(21)5-8-22(21)9-6-19(24)26-22/h6,9-10,13-14,16-18,20,25H,2-5,7-8,11H2,1H3/b23-12+/t13-,14?,16+,17+,18?,20?,21+,22-/m1/s1. The van der Waals surface area contributed by atoms with Crippen LogP contribution in [-0.2, 0) is 9.53 Å². The summed E-state index contributed by atoms with van der Waals surface area (Å²) in [5.74, 6) is 4.33. The number of hydrogen-bond donors (Lipinski definition) is 1. The van der Waals surface area contributed by atoms with Gasteiger partial charge in [-0.1, -0.05) is 17.7 Å². The molecule has 8 atom stereocenters. The van der Waals surface area contributed by atoms with Crippen molar-refractivity contribution in [2.75, 3.05) is 0 Å². The highest BCUT2D eigenvalue weighted by atomic mass is 16.6. The molecule has 0 bridgehead atoms. The third kappa shape index (κ3) is 1.72. The Bertz CT molecular complexity index is 782. The average Bonchev–Trinajstić information content (AvgIpc) is 3.29. The van der Waals surface area contributed by atoms with Crippen molar-refractivity contribution in [3.63, 3.8) is 0 Å². The average molecular weight is 353 g/mol. The highest BCUT2D eigenvalue weighted by Crippen LogP contribution is 2.72. The molecule has 6 rings (SSSR count). The molecule has 1 N–H and O–H groups in total. The van der Waals surface area contributed by atoms with Gasteiger partial charge in [0, 0.05) is 11.5 Å². The molecule has 4 saturated carbocycles. The van der Waals surface area contributed by atoms with Gasteiger partial charge in [-0.2, -0.15) is 0 Å². The number of fused-ring (bicyclic) bond motifs is 9. The fraction of sp³-hybridized carbons (Fsp3) is 0.727. The Kier molecular flexibility index (Phi) is 2.87. The van der Waals surface area contributed by atoms with Crippen LogP contribution < -0.4 is 0 Å². The van der Waals surface area contributed by atoms with Gasteiger partial charge in [0.15, 0.2) is 0 Å². The molecule has 4 nitrogen and oxygen atoms in total. The minimum Gasteiger partial charge on any atom is -0.451 e. The second-order valence-corrected chi connectivity index (χ2v) is 9.87. The van der Waals surface area contributed by atoms with E-state index in [2.05, 4.69) is 24.2 Å². The summed E-state index contributed by atoms with van der Waals surface area (Å²) < 4.78 is 5.94. The summed E-state index contributed by atoms with van der Waals surface area (Å²) in [6.45, 7) is 2.41. The van der Waals surface area contributed by atoms with E-state index in [0.717, 1.165) is 48.6 Å². The van der Waals surface area contributed by atoms with E-state index in [0.29, 0.717) is 11.8 Å². The quantitative estimate of drug-likeness (QED) is 0.405. The third-order valence-corrected chi connectivity index (χ3v) is 9.22. The molecule has 1 heterocycles. The number of carbonyl (C=O) groups excluding carboxylic acids is 1. The minimum absolute atomic E-state index is 0.109. The fourth-order valence-electron chi connectivity index (χ4n) is 8.02. The van der Waals surface area contributed by atoms with Gasteiger partial charge in [0.25, 0.3) is 0 Å². The molecule has 6 aliphatic rings. The van der Waals surface area contributed by atoms with Crippen LogP contribution in [0.1, 0.15) is 51.9 Å². The van der Waals surface area contributed by atoms with Crippen molar-refractivity contribution in [1.29, 1.82) is 0 Å². The first-order valence-corrected chi connectivity index (χ1v) is 10.4. The molecule has 138 valence electrons. The molecule has 1 aliphatic heterocycles. The number of rotatable bonds is 0. The molecule has 0 amide bonds. The Morgan fingerprint density at radius 3 is 2.85 bits per heavy atom. The Balaban J connectivity index is 1.37. The number of nitrogens with zero attached hydrogens (tertiary/aromatic N) is 1. The summed E-state index contributed by atoms with van der Waals surface area (Å²) in [7, 11) is 0. The topological polar surface area (TPSA) is 58.9 Å². The summed E-state index contributed by atoms with van der Waals surface area (Å²) in [5, 5.41) is 12.7. The maximum Gasteiger partial charge on any atom is 0.331 e. The highest BCUT2D eigenvalue weighted by Gasteiger charge is 2.69. The number of ether oxygens (including phenoxy) is 1. The Hall–Kier alpha value is -1.58. The summed E-state index contributed by atoms with van der Waals surface area (Å²) in [4.78, 5) is 11.9. The van der Waals surface area contributed by atoms with Gasteiger partial charge in [-0.25, -0.2) is 4.79 Å². The second kappa shape index (κ2) is 4.82. The minimum atomic E-state index is -0.330. The molecule has 0 aromatic rings. The molecule has 4 heteroatoms. The molecule has 0 radical (unpaired) electrons. The van der Waals surface area contributed by atoms with Crippen molar-refractivity contribution in [2.24, 2.45) is 46.1 Å². The maximum atomic E-state index is 11.9. The number of hydrogen-bond acceptors (Lipinski definition) is 4. The molecule has 1 spiro atoms. The lowest BCUT2D eigenvalue weighted by molar-refractivity contribution is -0.161. The van der Waals surface area contributed by atoms with Crippen LogP contribution in [0, 0.1) is 40.9 Å². The van der Waals surface area contributed by atoms with Crippen molar-refractivity contribution in [2.45, 2.75) is 57.5 Å². The number of esters is 1. The third-order valence-electron chi connectivity index (χ3n) is 9.22. The summed E-state index contributed by atoms with van der Waals surface area (Å²) >= 11 is 0. The number of oxime groups is 1. The van der Waals surface area contributed by atoms with E-state index >= 15 is 0 Å². The summed E-state index contributed by atoms with van der Waals surface area (Å²) in [6.07, 6.45) is 14.0. The van der Waals surface area contributed by atoms with E-state index in [1.54, 1.807) is 11.6 Å². The van der Waals surface area contributed by atoms with Gasteiger partial charge in [-0.3, -0.25) is 0 Å². The van der Waals surface area contributed by atoms with Crippen LogP contribution in [0.25, 0.3) is 0 Å². The monoisotopic (exact) mass is 353 g/mol. The molecule has 3 unspecified atom stereocenters. The van der Waals surface area contributed by atoms with E-state index in [1.807, 2.05) is 0 Å². The summed E-state index contributed by atoms with van der Waals surface area (Å²) in [5.41, 5.74) is 2.25. The molecular weight excluding hydrogens is 326 g/mol. The van der Waals surface area contributed by atoms with Gasteiger partial charge in [0.2, 0.25) is 0 Å². The normalized spacial score (nSPS) is 55.0. The number of carbonyl (C=O) groups is 1. The van der Waals surface area contributed by atoms with E-state index < -0.39 is 0 Å². The van der Waals surface area contributed by atoms with Crippen LogP contribution in [0.3, 0.4) is 0 Å². The Morgan fingerprint density at radius 1 is 1.19 bits per heavy atom. The second-order valence-electron chi connectivity index (χ2n) is 9.87. The first-order valence-electron chi connectivity index (χ1n) is 10.4. The van der Waals surface area contributed by atoms with Crippen molar-refractivity contribution in [3.05, 3.63) is 23.8 Å². The SMILES string of the molecule is C[C@]12CCC3C(C1CC[C@@]21C=CC(=O)O1)[C@H]1C[C@H]1C1=C/C(=N/O)CC[C@@H]13. The molecule has 26 heavy (non-hydrogen) atoms. The van der Waals surface area contributed by atoms with E-state index in [4.69, 9.17) is 4.74 Å². The fourth-order valence-corrected chi connectivity index (χ4v) is 8.02. The first-order chi connectivity index (χ1) is 12.6. The maximum absolute atomic E-state index is 11.9. The number of allylic oxidation sites excluding steroid dienone is 2. The van der Waals surface area contributed by atoms with E-state index in [1.165, 1.54) is 25.7 Å². The predicted octanol–water partition coefficient (Wildman–Crippen LogP) is 4.10. The molecular formula is C22H27NO3. The summed E-state index contributed by atoms with van der Waals surface area (Å²) in [6, 6.07) is 0. The highest BCUT2D eigenvalue weighted by molar-refractivity contribution is 5.96. The van der Waals surface area contributed by atoms with Gasteiger partial charge < -0.3 is 9.94 Å². The van der Waals surface area contributed by atoms with Crippen LogP contribution in [0.2, 0.25) is 0 Å². The van der Waals surface area contributed by atoms with Crippen molar-refractivity contribution >= 4 is 11.7 Å². The Morgan fingerprint density at radius 2 is 2.08 bits per heavy atom. The molecule has 0 aromatic carbocycles. The van der Waals surface area contributed by atoms with E-state index in [-0.39, 0.29) is 17.0 Å². The van der Waals surface area contributed by atoms with Crippen LogP contribution in [-0.4, -0.2) is 22.5 Å². The zero-order valence-corrected chi connectivity index (χ0v) is 15.4. The van der Waals surface area contributed by atoms with Crippen LogP contribution in [0.4, 0.5) is 0 Å². The Labute approximate surface area is 154 Å².